The van der Waals surface area contributed by atoms with E-state index in [9.17, 15) is 13.2 Å². The van der Waals surface area contributed by atoms with Gasteiger partial charge in [-0.1, -0.05) is 29.8 Å². The van der Waals surface area contributed by atoms with Crippen LogP contribution in [-0.2, 0) is 16.6 Å². The minimum absolute atomic E-state index is 0.00712. The summed E-state index contributed by atoms with van der Waals surface area (Å²) < 4.78 is 29.6. The van der Waals surface area contributed by atoms with Gasteiger partial charge in [0.05, 0.1) is 27.4 Å². The number of carbonyl (C=O) groups is 1. The highest BCUT2D eigenvalue weighted by Gasteiger charge is 2.18. The summed E-state index contributed by atoms with van der Waals surface area (Å²) >= 11 is 5.70. The van der Waals surface area contributed by atoms with Crippen LogP contribution in [0.4, 0.5) is 11.5 Å². The van der Waals surface area contributed by atoms with Crippen molar-refractivity contribution < 1.29 is 13.2 Å². The lowest BCUT2D eigenvalue weighted by molar-refractivity contribution is 0.102. The number of sulfonamides is 1. The SMILES string of the molecule is CCn1cc(-c2cc(C(=O)Nc3ccc(S(=O)(=O)Nc4ccc(Cl)nn4)cc3)c3ccccc3n2)c(C)n1. The molecule has 0 aliphatic rings. The summed E-state index contributed by atoms with van der Waals surface area (Å²) in [7, 11) is -3.92. The summed E-state index contributed by atoms with van der Waals surface area (Å²) in [6, 6.07) is 17.8. The number of amides is 1. The molecule has 0 fully saturated rings. The van der Waals surface area contributed by atoms with Crippen LogP contribution in [0.1, 0.15) is 23.0 Å². The fraction of sp³-hybridized carbons (Fsp3) is 0.115. The number of aromatic nitrogens is 5. The molecule has 0 bridgehead atoms. The van der Waals surface area contributed by atoms with E-state index in [0.29, 0.717) is 27.8 Å². The van der Waals surface area contributed by atoms with Crippen LogP contribution >= 0.6 is 11.6 Å². The van der Waals surface area contributed by atoms with Gasteiger partial charge in [-0.15, -0.1) is 10.2 Å². The van der Waals surface area contributed by atoms with Gasteiger partial charge in [0.25, 0.3) is 15.9 Å². The van der Waals surface area contributed by atoms with Gasteiger partial charge in [-0.3, -0.25) is 14.2 Å². The molecule has 0 atom stereocenters. The maximum Gasteiger partial charge on any atom is 0.263 e. The number of nitrogens with one attached hydrogen (secondary N) is 2. The number of hydrogen-bond donors (Lipinski definition) is 2. The van der Waals surface area contributed by atoms with Gasteiger partial charge in [-0.25, -0.2) is 13.4 Å². The number of hydrogen-bond acceptors (Lipinski definition) is 7. The Bertz CT molecular complexity index is 1750. The van der Waals surface area contributed by atoms with Gasteiger partial charge in [0.2, 0.25) is 0 Å². The van der Waals surface area contributed by atoms with Crippen LogP contribution in [0, 0.1) is 6.92 Å². The Labute approximate surface area is 223 Å². The predicted molar refractivity (Wildman–Crippen MR) is 146 cm³/mol. The molecular weight excluding hydrogens is 526 g/mol. The van der Waals surface area contributed by atoms with Gasteiger partial charge < -0.3 is 5.32 Å². The maximum absolute atomic E-state index is 13.4. The molecule has 3 heterocycles. The number of halogens is 1. The third-order valence-electron chi connectivity index (χ3n) is 5.80. The summed E-state index contributed by atoms with van der Waals surface area (Å²) in [5, 5.41) is 15.5. The Morgan fingerprint density at radius 1 is 1.03 bits per heavy atom. The molecule has 12 heteroatoms. The Morgan fingerprint density at radius 3 is 2.47 bits per heavy atom. The van der Waals surface area contributed by atoms with E-state index in [2.05, 4.69) is 25.3 Å². The third-order valence-corrected chi connectivity index (χ3v) is 7.37. The molecule has 0 saturated heterocycles. The van der Waals surface area contributed by atoms with Crippen molar-refractivity contribution in [1.29, 1.82) is 0 Å². The molecule has 192 valence electrons. The quantitative estimate of drug-likeness (QED) is 0.295. The number of para-hydroxylation sites is 1. The fourth-order valence-electron chi connectivity index (χ4n) is 3.92. The Balaban J connectivity index is 1.41. The number of pyridine rings is 1. The van der Waals surface area contributed by atoms with Crippen LogP contribution in [0.15, 0.2) is 77.8 Å². The van der Waals surface area contributed by atoms with Crippen molar-refractivity contribution in [3.63, 3.8) is 0 Å². The Morgan fingerprint density at radius 2 is 1.79 bits per heavy atom. The van der Waals surface area contributed by atoms with Crippen LogP contribution in [0.2, 0.25) is 5.15 Å². The van der Waals surface area contributed by atoms with Gasteiger partial charge in [0.15, 0.2) is 11.0 Å². The number of benzene rings is 2. The van der Waals surface area contributed by atoms with Crippen molar-refractivity contribution in [2.24, 2.45) is 0 Å². The zero-order chi connectivity index (χ0) is 26.9. The molecule has 10 nitrogen and oxygen atoms in total. The number of anilines is 2. The summed E-state index contributed by atoms with van der Waals surface area (Å²) in [5.41, 5.74) is 3.85. The zero-order valence-corrected chi connectivity index (χ0v) is 22.0. The first-order valence-corrected chi connectivity index (χ1v) is 13.5. The van der Waals surface area contributed by atoms with Crippen molar-refractivity contribution in [1.82, 2.24) is 25.0 Å². The number of aryl methyl sites for hydroxylation is 2. The van der Waals surface area contributed by atoms with Crippen LogP contribution in [0.5, 0.6) is 0 Å². The largest absolute Gasteiger partial charge is 0.322 e. The highest BCUT2D eigenvalue weighted by atomic mass is 35.5. The molecule has 2 N–H and O–H groups in total. The summed E-state index contributed by atoms with van der Waals surface area (Å²) in [6.07, 6.45) is 1.91. The van der Waals surface area contributed by atoms with E-state index in [0.717, 1.165) is 17.8 Å². The summed E-state index contributed by atoms with van der Waals surface area (Å²) in [6.45, 7) is 4.62. The smallest absolute Gasteiger partial charge is 0.263 e. The second-order valence-electron chi connectivity index (χ2n) is 8.38. The van der Waals surface area contributed by atoms with Crippen LogP contribution in [-0.4, -0.2) is 39.3 Å². The number of rotatable bonds is 7. The van der Waals surface area contributed by atoms with Gasteiger partial charge in [0.1, 0.15) is 0 Å². The first-order chi connectivity index (χ1) is 18.2. The van der Waals surface area contributed by atoms with Gasteiger partial charge in [-0.2, -0.15) is 5.10 Å². The molecule has 38 heavy (non-hydrogen) atoms. The molecule has 2 aromatic carbocycles. The number of nitrogens with zero attached hydrogens (tertiary/aromatic N) is 5. The van der Waals surface area contributed by atoms with Crippen molar-refractivity contribution in [3.8, 4) is 11.3 Å². The van der Waals surface area contributed by atoms with E-state index >= 15 is 0 Å². The van der Waals surface area contributed by atoms with Crippen molar-refractivity contribution >= 4 is 49.9 Å². The van der Waals surface area contributed by atoms with Crippen molar-refractivity contribution in [3.05, 3.63) is 89.3 Å². The molecule has 5 aromatic rings. The van der Waals surface area contributed by atoms with E-state index in [-0.39, 0.29) is 21.8 Å². The maximum atomic E-state index is 13.4. The number of fused-ring (bicyclic) bond motifs is 1. The normalized spacial score (nSPS) is 11.4. The second-order valence-corrected chi connectivity index (χ2v) is 10.5. The molecule has 5 rings (SSSR count). The molecule has 0 aliphatic carbocycles. The highest BCUT2D eigenvalue weighted by molar-refractivity contribution is 7.92. The van der Waals surface area contributed by atoms with E-state index < -0.39 is 10.0 Å². The van der Waals surface area contributed by atoms with Crippen LogP contribution in [0.3, 0.4) is 0 Å². The minimum atomic E-state index is -3.92. The monoisotopic (exact) mass is 547 g/mol. The van der Waals surface area contributed by atoms with Gasteiger partial charge in [-0.05, 0) is 62.4 Å². The summed E-state index contributed by atoms with van der Waals surface area (Å²) in [4.78, 5) is 18.1. The minimum Gasteiger partial charge on any atom is -0.322 e. The van der Waals surface area contributed by atoms with Crippen LogP contribution in [0.25, 0.3) is 22.2 Å². The van der Waals surface area contributed by atoms with E-state index in [1.165, 1.54) is 36.4 Å². The molecular formula is C26H22ClN7O3S. The first kappa shape index (κ1) is 25.3. The van der Waals surface area contributed by atoms with Gasteiger partial charge >= 0.3 is 0 Å². The lowest BCUT2D eigenvalue weighted by Crippen LogP contribution is -2.15. The molecule has 0 aliphatic heterocycles. The molecule has 0 saturated carbocycles. The molecule has 0 spiro atoms. The predicted octanol–water partition coefficient (Wildman–Crippen LogP) is 4.92. The van der Waals surface area contributed by atoms with Crippen molar-refractivity contribution in [2.75, 3.05) is 10.0 Å². The molecule has 3 aromatic heterocycles. The summed E-state index contributed by atoms with van der Waals surface area (Å²) in [5.74, 6) is -0.317. The third kappa shape index (κ3) is 5.20. The van der Waals surface area contributed by atoms with Crippen molar-refractivity contribution in [2.45, 2.75) is 25.3 Å². The van der Waals surface area contributed by atoms with Gasteiger partial charge in [0, 0.05) is 29.4 Å². The average Bonchev–Trinajstić information content (AvgIpc) is 3.30. The average molecular weight is 548 g/mol. The molecule has 0 radical (unpaired) electrons. The van der Waals surface area contributed by atoms with E-state index in [4.69, 9.17) is 16.6 Å². The lowest BCUT2D eigenvalue weighted by Gasteiger charge is -2.11. The molecule has 0 unspecified atom stereocenters. The first-order valence-electron chi connectivity index (χ1n) is 11.6. The lowest BCUT2D eigenvalue weighted by atomic mass is 10.0. The highest BCUT2D eigenvalue weighted by Crippen LogP contribution is 2.28. The second kappa shape index (κ2) is 10.2. The fourth-order valence-corrected chi connectivity index (χ4v) is 5.01. The van der Waals surface area contributed by atoms with E-state index in [1.807, 2.05) is 49.0 Å². The Kier molecular flexibility index (Phi) is 6.79. The van der Waals surface area contributed by atoms with Crippen LogP contribution < -0.4 is 10.0 Å². The molecule has 1 amide bonds. The topological polar surface area (TPSA) is 132 Å². The van der Waals surface area contributed by atoms with E-state index in [1.54, 1.807) is 6.07 Å². The zero-order valence-electron chi connectivity index (χ0n) is 20.4. The standard InChI is InChI=1S/C26H22ClN7O3S/c1-3-34-15-21(16(2)32-34)23-14-20(19-6-4-5-7-22(19)29-23)26(35)28-17-8-10-18(11-9-17)38(36,37)33-25-13-12-24(27)30-31-25/h4-15H,3H2,1-2H3,(H,28,35)(H,31,33). The Hall–Kier alpha value is -4.35. The number of carbonyl (C=O) groups excluding carboxylic acids is 1.